The highest BCUT2D eigenvalue weighted by Gasteiger charge is 2.60. The maximum atomic E-state index is 11.8. The Bertz CT molecular complexity index is 405. The quantitative estimate of drug-likeness (QED) is 0.622. The van der Waals surface area contributed by atoms with E-state index in [0.717, 1.165) is 38.5 Å². The Morgan fingerprint density at radius 3 is 2.45 bits per heavy atom. The first kappa shape index (κ1) is 14.1. The van der Waals surface area contributed by atoms with Crippen LogP contribution in [0.5, 0.6) is 0 Å². The molecule has 0 bridgehead atoms. The Kier molecular flexibility index (Phi) is 3.65. The number of hydrogen-bond donors (Lipinski definition) is 1. The third kappa shape index (κ3) is 2.20. The van der Waals surface area contributed by atoms with E-state index in [1.807, 2.05) is 0 Å². The van der Waals surface area contributed by atoms with Gasteiger partial charge in [0.25, 0.3) is 0 Å². The fraction of sp³-hybridized carbons (Fsp3) is 0.824. The van der Waals surface area contributed by atoms with Crippen LogP contribution in [0.4, 0.5) is 0 Å². The zero-order valence-electron chi connectivity index (χ0n) is 12.3. The first-order valence-electron chi connectivity index (χ1n) is 8.16. The van der Waals surface area contributed by atoms with Crippen LogP contribution in [0.1, 0.15) is 64.2 Å². The highest BCUT2D eigenvalue weighted by atomic mass is 16.6. The van der Waals surface area contributed by atoms with Crippen molar-refractivity contribution in [1.82, 2.24) is 0 Å². The maximum absolute atomic E-state index is 11.8. The second kappa shape index (κ2) is 5.18. The highest BCUT2D eigenvalue weighted by molar-refractivity contribution is 5.81. The number of ether oxygens (including phenoxy) is 1. The molecule has 3 heteroatoms. The van der Waals surface area contributed by atoms with Gasteiger partial charge in [-0.3, -0.25) is 0 Å². The second-order valence-corrected chi connectivity index (χ2v) is 7.07. The van der Waals surface area contributed by atoms with Gasteiger partial charge in [0.15, 0.2) is 0 Å². The molecule has 0 aromatic carbocycles. The minimum atomic E-state index is -0.803. The molecular formula is C17H26O3. The molecule has 0 radical (unpaired) electrons. The first-order chi connectivity index (χ1) is 9.59. The van der Waals surface area contributed by atoms with Gasteiger partial charge >= 0.3 is 5.97 Å². The van der Waals surface area contributed by atoms with Crippen LogP contribution in [0.2, 0.25) is 0 Å². The lowest BCUT2D eigenvalue weighted by molar-refractivity contribution is -0.237. The van der Waals surface area contributed by atoms with Crippen LogP contribution in [0, 0.1) is 11.8 Å². The maximum Gasteiger partial charge on any atom is 0.330 e. The standard InChI is InChI=1S/C17H26O3/c1-2-15(18)20-17-10-6-5-9-16(17,19)11-13-7-3-4-8-14(13)12-17/h2,13-14,19H,1,3-12H2. The molecule has 0 amide bonds. The normalized spacial score (nSPS) is 44.0. The van der Waals surface area contributed by atoms with E-state index in [4.69, 9.17) is 4.74 Å². The van der Waals surface area contributed by atoms with Gasteiger partial charge in [0.05, 0.1) is 0 Å². The van der Waals surface area contributed by atoms with Crippen molar-refractivity contribution in [1.29, 1.82) is 0 Å². The molecule has 0 spiro atoms. The van der Waals surface area contributed by atoms with Crippen LogP contribution >= 0.6 is 0 Å². The van der Waals surface area contributed by atoms with Crippen LogP contribution in [-0.4, -0.2) is 22.3 Å². The summed E-state index contributed by atoms with van der Waals surface area (Å²) in [5, 5.41) is 11.2. The van der Waals surface area contributed by atoms with Crippen molar-refractivity contribution in [3.05, 3.63) is 12.7 Å². The van der Waals surface area contributed by atoms with E-state index < -0.39 is 11.2 Å². The molecule has 0 saturated heterocycles. The van der Waals surface area contributed by atoms with Crippen LogP contribution in [0.15, 0.2) is 12.7 Å². The van der Waals surface area contributed by atoms with E-state index in [2.05, 4.69) is 6.58 Å². The summed E-state index contributed by atoms with van der Waals surface area (Å²) in [5.74, 6) is 0.877. The van der Waals surface area contributed by atoms with Crippen molar-refractivity contribution in [2.75, 3.05) is 0 Å². The molecular weight excluding hydrogens is 252 g/mol. The summed E-state index contributed by atoms with van der Waals surface area (Å²) in [6.07, 6.45) is 11.6. The monoisotopic (exact) mass is 278 g/mol. The third-order valence-corrected chi connectivity index (χ3v) is 5.99. The first-order valence-corrected chi connectivity index (χ1v) is 8.16. The summed E-state index contributed by atoms with van der Waals surface area (Å²) < 4.78 is 5.78. The number of esters is 1. The lowest BCUT2D eigenvalue weighted by Crippen LogP contribution is -2.63. The number of aliphatic hydroxyl groups is 1. The summed E-state index contributed by atoms with van der Waals surface area (Å²) in [7, 11) is 0. The van der Waals surface area contributed by atoms with Crippen LogP contribution < -0.4 is 0 Å². The summed E-state index contributed by atoms with van der Waals surface area (Å²) in [6.45, 7) is 3.51. The van der Waals surface area contributed by atoms with E-state index >= 15 is 0 Å². The minimum absolute atomic E-state index is 0.375. The van der Waals surface area contributed by atoms with Crippen molar-refractivity contribution in [3.63, 3.8) is 0 Å². The Balaban J connectivity index is 1.89. The highest BCUT2D eigenvalue weighted by Crippen LogP contribution is 2.55. The molecule has 0 aromatic rings. The van der Waals surface area contributed by atoms with Gasteiger partial charge in [0, 0.05) is 6.08 Å². The number of rotatable bonds is 2. The Hall–Kier alpha value is -0.830. The summed E-state index contributed by atoms with van der Waals surface area (Å²) >= 11 is 0. The SMILES string of the molecule is C=CC(=O)OC12CCCCC1(O)CC1CCCCC1C2. The van der Waals surface area contributed by atoms with Crippen LogP contribution in [0.3, 0.4) is 0 Å². The third-order valence-electron chi connectivity index (χ3n) is 5.99. The van der Waals surface area contributed by atoms with Crippen molar-refractivity contribution in [2.45, 2.75) is 75.4 Å². The van der Waals surface area contributed by atoms with Gasteiger partial charge < -0.3 is 9.84 Å². The number of carbonyl (C=O) groups is 1. The van der Waals surface area contributed by atoms with E-state index in [9.17, 15) is 9.90 Å². The molecule has 20 heavy (non-hydrogen) atoms. The summed E-state index contributed by atoms with van der Waals surface area (Å²) in [6, 6.07) is 0. The van der Waals surface area contributed by atoms with Crippen LogP contribution in [-0.2, 0) is 9.53 Å². The Morgan fingerprint density at radius 2 is 1.75 bits per heavy atom. The predicted molar refractivity (Wildman–Crippen MR) is 77.1 cm³/mol. The molecule has 3 saturated carbocycles. The second-order valence-electron chi connectivity index (χ2n) is 7.07. The fourth-order valence-corrected chi connectivity index (χ4v) is 4.97. The van der Waals surface area contributed by atoms with Crippen LogP contribution in [0.25, 0.3) is 0 Å². The molecule has 3 nitrogen and oxygen atoms in total. The zero-order valence-corrected chi connectivity index (χ0v) is 12.3. The number of fused-ring (bicyclic) bond motifs is 2. The topological polar surface area (TPSA) is 46.5 Å². The van der Waals surface area contributed by atoms with E-state index in [1.165, 1.54) is 31.8 Å². The molecule has 0 heterocycles. The van der Waals surface area contributed by atoms with Crippen molar-refractivity contribution < 1.29 is 14.6 Å². The largest absolute Gasteiger partial charge is 0.453 e. The predicted octanol–water partition coefficient (Wildman–Crippen LogP) is 3.36. The van der Waals surface area contributed by atoms with Gasteiger partial charge in [-0.2, -0.15) is 0 Å². The Labute approximate surface area is 121 Å². The molecule has 3 fully saturated rings. The van der Waals surface area contributed by atoms with Crippen molar-refractivity contribution in [3.8, 4) is 0 Å². The van der Waals surface area contributed by atoms with Crippen molar-refractivity contribution >= 4 is 5.97 Å². The Morgan fingerprint density at radius 1 is 1.10 bits per heavy atom. The van der Waals surface area contributed by atoms with Gasteiger partial charge in [-0.25, -0.2) is 4.79 Å². The van der Waals surface area contributed by atoms with E-state index in [1.54, 1.807) is 0 Å². The van der Waals surface area contributed by atoms with Gasteiger partial charge in [0.2, 0.25) is 0 Å². The molecule has 3 aliphatic carbocycles. The van der Waals surface area contributed by atoms with E-state index in [-0.39, 0.29) is 5.97 Å². The number of carbonyl (C=O) groups excluding carboxylic acids is 1. The average Bonchev–Trinajstić information content (AvgIpc) is 2.44. The summed E-state index contributed by atoms with van der Waals surface area (Å²) in [5.41, 5.74) is -1.45. The van der Waals surface area contributed by atoms with Gasteiger partial charge in [-0.1, -0.05) is 38.7 Å². The molecule has 3 aliphatic rings. The van der Waals surface area contributed by atoms with Gasteiger partial charge in [0.1, 0.15) is 11.2 Å². The fourth-order valence-electron chi connectivity index (χ4n) is 4.97. The van der Waals surface area contributed by atoms with E-state index in [0.29, 0.717) is 11.8 Å². The minimum Gasteiger partial charge on any atom is -0.453 e. The lowest BCUT2D eigenvalue weighted by Gasteiger charge is -2.57. The molecule has 3 rings (SSSR count). The zero-order chi connectivity index (χ0) is 14.2. The smallest absolute Gasteiger partial charge is 0.330 e. The van der Waals surface area contributed by atoms with Gasteiger partial charge in [-0.05, 0) is 43.9 Å². The molecule has 4 atom stereocenters. The number of hydrogen-bond acceptors (Lipinski definition) is 3. The molecule has 0 aromatic heterocycles. The summed E-state index contributed by atoms with van der Waals surface area (Å²) in [4.78, 5) is 11.8. The molecule has 1 N–H and O–H groups in total. The average molecular weight is 278 g/mol. The lowest BCUT2D eigenvalue weighted by atomic mass is 9.55. The van der Waals surface area contributed by atoms with Gasteiger partial charge in [-0.15, -0.1) is 0 Å². The molecule has 4 unspecified atom stereocenters. The molecule has 112 valence electrons. The molecule has 0 aliphatic heterocycles. The van der Waals surface area contributed by atoms with Crippen molar-refractivity contribution in [2.24, 2.45) is 11.8 Å².